The van der Waals surface area contributed by atoms with E-state index in [1.807, 2.05) is 30.6 Å². The fourth-order valence-electron chi connectivity index (χ4n) is 9.28. The van der Waals surface area contributed by atoms with Gasteiger partial charge in [0.05, 0.1) is 6.61 Å². The van der Waals surface area contributed by atoms with Gasteiger partial charge in [0, 0.05) is 111 Å². The number of hydrogen-bond donors (Lipinski definition) is 0. The van der Waals surface area contributed by atoms with Gasteiger partial charge in [-0.3, -0.25) is 4.90 Å². The first-order chi connectivity index (χ1) is 29.7. The number of rotatable bonds is 12. The first kappa shape index (κ1) is 40.9. The van der Waals surface area contributed by atoms with Gasteiger partial charge in [-0.05, 0) is 87.8 Å². The summed E-state index contributed by atoms with van der Waals surface area (Å²) in [6, 6.07) is 25.3. The lowest BCUT2D eigenvalue weighted by Gasteiger charge is -2.35. The highest BCUT2D eigenvalue weighted by Crippen LogP contribution is 2.43. The molecule has 10 rings (SSSR count). The molecule has 4 aliphatic rings. The molecule has 0 atom stereocenters. The Labute approximate surface area is 363 Å². The molecule has 6 aromatic rings. The van der Waals surface area contributed by atoms with Crippen molar-refractivity contribution >= 4 is 54.7 Å². The maximum atomic E-state index is 9.79. The van der Waals surface area contributed by atoms with Crippen LogP contribution in [0, 0.1) is 17.2 Å². The van der Waals surface area contributed by atoms with Gasteiger partial charge < -0.3 is 24.3 Å². The van der Waals surface area contributed by atoms with Crippen LogP contribution in [0.25, 0.3) is 42.7 Å². The van der Waals surface area contributed by atoms with Gasteiger partial charge in [-0.2, -0.15) is 5.26 Å². The predicted octanol–water partition coefficient (Wildman–Crippen LogP) is 8.74. The summed E-state index contributed by atoms with van der Waals surface area (Å²) in [5.74, 6) is 1.51. The third-order valence-corrected chi connectivity index (χ3v) is 14.7. The number of likely N-dealkylation sites (tertiary alicyclic amines) is 2. The molecule has 0 radical (unpaired) electrons. The summed E-state index contributed by atoms with van der Waals surface area (Å²) in [6.45, 7) is 16.6. The highest BCUT2D eigenvalue weighted by molar-refractivity contribution is 7.20. The molecular weight excluding hydrogens is 783 g/mol. The average molecular weight is 840 g/mol. The van der Waals surface area contributed by atoms with Gasteiger partial charge in [-0.15, -0.1) is 22.7 Å². The number of ether oxygens (including phenoxy) is 1. The molecule has 0 saturated carbocycles. The summed E-state index contributed by atoms with van der Waals surface area (Å²) in [7, 11) is 0. The van der Waals surface area contributed by atoms with E-state index in [0.29, 0.717) is 5.92 Å². The van der Waals surface area contributed by atoms with E-state index in [1.165, 1.54) is 93.1 Å². The van der Waals surface area contributed by atoms with Crippen LogP contribution >= 0.6 is 22.7 Å². The van der Waals surface area contributed by atoms with E-state index in [4.69, 9.17) is 14.7 Å². The van der Waals surface area contributed by atoms with Crippen LogP contribution in [0.5, 0.6) is 0 Å². The lowest BCUT2D eigenvalue weighted by molar-refractivity contribution is 0.0753. The van der Waals surface area contributed by atoms with E-state index in [1.54, 1.807) is 11.3 Å². The van der Waals surface area contributed by atoms with Crippen molar-refractivity contribution in [2.45, 2.75) is 38.5 Å². The third kappa shape index (κ3) is 9.68. The minimum atomic E-state index is 0.632. The fourth-order valence-corrected chi connectivity index (χ4v) is 11.2. The van der Waals surface area contributed by atoms with Crippen LogP contribution < -0.4 is 9.80 Å². The average Bonchev–Trinajstić information content (AvgIpc) is 4.16. The number of fused-ring (bicyclic) bond motifs is 2. The molecule has 4 aliphatic heterocycles. The van der Waals surface area contributed by atoms with Gasteiger partial charge in [-0.1, -0.05) is 60.7 Å². The lowest BCUT2D eigenvalue weighted by atomic mass is 9.96. The normalized spacial score (nSPS) is 18.3. The van der Waals surface area contributed by atoms with Crippen molar-refractivity contribution in [3.8, 4) is 28.3 Å². The number of nitrogens with zero attached hydrogens (tertiary/aromatic N) is 9. The molecule has 0 bridgehead atoms. The molecule has 4 saturated heterocycles. The standard InChI is InChI=1S/C26H30N4OS.C22H27N5S/c27-18-23-24(21-6-2-1-3-7-21)25-22(8-11-28-26(25)32-23)30-14-9-20(10-15-30)19-31-17-16-29-12-4-5-13-29;1-2-6-18(7-3-1)20-17-28-21-19(20)16-23-22(24-21)27-14-12-26(13-15-27)11-10-25-8-4-5-9-25/h1-3,6-8,11,20H,4-5,9-10,12-17,19H2;1-3,6-7,16-17H,4-5,8-15H2. The number of anilines is 2. The van der Waals surface area contributed by atoms with E-state index in [0.717, 1.165) is 114 Å². The van der Waals surface area contributed by atoms with E-state index in [2.05, 4.69) is 89.5 Å². The summed E-state index contributed by atoms with van der Waals surface area (Å²) < 4.78 is 6.04. The van der Waals surface area contributed by atoms with Gasteiger partial charge in [0.25, 0.3) is 0 Å². The van der Waals surface area contributed by atoms with Gasteiger partial charge in [-0.25, -0.2) is 15.0 Å². The van der Waals surface area contributed by atoms with Crippen LogP contribution in [0.2, 0.25) is 0 Å². The molecule has 0 amide bonds. The number of nitriles is 1. The van der Waals surface area contributed by atoms with Crippen molar-refractivity contribution in [2.75, 3.05) is 108 Å². The Hall–Kier alpha value is -4.48. The second-order valence-electron chi connectivity index (χ2n) is 16.6. The third-order valence-electron chi connectivity index (χ3n) is 12.8. The van der Waals surface area contributed by atoms with Gasteiger partial charge in [0.1, 0.15) is 20.6 Å². The summed E-state index contributed by atoms with van der Waals surface area (Å²) >= 11 is 3.21. The molecule has 4 aromatic heterocycles. The van der Waals surface area contributed by atoms with Crippen molar-refractivity contribution in [1.29, 1.82) is 5.26 Å². The van der Waals surface area contributed by atoms with Crippen LogP contribution in [0.3, 0.4) is 0 Å². The Bertz CT molecular complexity index is 2320. The number of piperazine rings is 1. The summed E-state index contributed by atoms with van der Waals surface area (Å²) in [5.41, 5.74) is 5.80. The van der Waals surface area contributed by atoms with Gasteiger partial charge in [0.15, 0.2) is 0 Å². The van der Waals surface area contributed by atoms with E-state index in [9.17, 15) is 5.26 Å². The summed E-state index contributed by atoms with van der Waals surface area (Å²) in [4.78, 5) is 29.5. The minimum absolute atomic E-state index is 0.632. The molecule has 4 fully saturated rings. The smallest absolute Gasteiger partial charge is 0.226 e. The van der Waals surface area contributed by atoms with Crippen molar-refractivity contribution in [1.82, 2.24) is 29.7 Å². The lowest BCUT2D eigenvalue weighted by Crippen LogP contribution is -2.48. The Kier molecular flexibility index (Phi) is 13.6. The van der Waals surface area contributed by atoms with Crippen LogP contribution in [0.4, 0.5) is 11.6 Å². The van der Waals surface area contributed by atoms with E-state index in [-0.39, 0.29) is 0 Å². The molecule has 12 heteroatoms. The van der Waals surface area contributed by atoms with Gasteiger partial charge in [0.2, 0.25) is 5.95 Å². The Morgan fingerprint density at radius 3 is 2.02 bits per heavy atom. The largest absolute Gasteiger partial charge is 0.380 e. The molecule has 0 unspecified atom stereocenters. The molecular formula is C48H57N9OS2. The van der Waals surface area contributed by atoms with Crippen molar-refractivity contribution in [2.24, 2.45) is 5.92 Å². The van der Waals surface area contributed by atoms with Crippen molar-refractivity contribution in [3.63, 3.8) is 0 Å². The predicted molar refractivity (Wildman–Crippen MR) is 248 cm³/mol. The first-order valence-electron chi connectivity index (χ1n) is 22.1. The Balaban J connectivity index is 0.000000155. The van der Waals surface area contributed by atoms with Crippen LogP contribution in [0.1, 0.15) is 43.4 Å². The molecule has 0 spiro atoms. The monoisotopic (exact) mass is 839 g/mol. The molecule has 60 heavy (non-hydrogen) atoms. The molecule has 8 heterocycles. The minimum Gasteiger partial charge on any atom is -0.380 e. The number of pyridine rings is 1. The highest BCUT2D eigenvalue weighted by atomic mass is 32.1. The van der Waals surface area contributed by atoms with E-state index < -0.39 is 0 Å². The Morgan fingerprint density at radius 1 is 0.683 bits per heavy atom. The first-order valence-corrected chi connectivity index (χ1v) is 23.8. The second kappa shape index (κ2) is 19.9. The number of thiophene rings is 2. The number of benzene rings is 2. The van der Waals surface area contributed by atoms with Crippen LogP contribution in [0.15, 0.2) is 84.5 Å². The van der Waals surface area contributed by atoms with Crippen LogP contribution in [-0.2, 0) is 4.74 Å². The van der Waals surface area contributed by atoms with E-state index >= 15 is 0 Å². The maximum Gasteiger partial charge on any atom is 0.226 e. The fraction of sp³-hybridized carbons (Fsp3) is 0.458. The zero-order valence-electron chi connectivity index (χ0n) is 34.8. The number of aromatic nitrogens is 3. The summed E-state index contributed by atoms with van der Waals surface area (Å²) in [5, 5.41) is 14.3. The molecule has 312 valence electrons. The zero-order chi connectivity index (χ0) is 40.5. The SMILES string of the molecule is N#Cc1sc2nccc(N3CCC(COCCN4CCCC4)CC3)c2c1-c1ccccc1.c1ccc(-c2csc3nc(N4CCN(CCN5CCCC5)CC4)ncc23)cc1. The number of piperidine rings is 1. The summed E-state index contributed by atoms with van der Waals surface area (Å²) in [6.07, 6.45) is 11.6. The Morgan fingerprint density at radius 2 is 1.33 bits per heavy atom. The van der Waals surface area contributed by atoms with Gasteiger partial charge >= 0.3 is 0 Å². The number of hydrogen-bond acceptors (Lipinski definition) is 12. The topological polar surface area (TPSA) is 87.9 Å². The second-order valence-corrected chi connectivity index (χ2v) is 18.5. The molecule has 2 aromatic carbocycles. The van der Waals surface area contributed by atoms with Crippen molar-refractivity contribution < 1.29 is 4.74 Å². The molecule has 10 nitrogen and oxygen atoms in total. The van der Waals surface area contributed by atoms with Crippen LogP contribution in [-0.4, -0.2) is 128 Å². The zero-order valence-corrected chi connectivity index (χ0v) is 36.4. The highest BCUT2D eigenvalue weighted by Gasteiger charge is 2.25. The van der Waals surface area contributed by atoms with Crippen molar-refractivity contribution in [3.05, 3.63) is 89.4 Å². The maximum absolute atomic E-state index is 9.79. The molecule has 0 N–H and O–H groups in total. The molecule has 0 aliphatic carbocycles. The quantitative estimate of drug-likeness (QED) is 0.112.